The van der Waals surface area contributed by atoms with E-state index in [1.54, 1.807) is 24.5 Å². The molecule has 0 amide bonds. The van der Waals surface area contributed by atoms with Gasteiger partial charge in [-0.05, 0) is 18.2 Å². The normalized spacial score (nSPS) is 9.36. The largest absolute Gasteiger partial charge is 0.236 e. The van der Waals surface area contributed by atoms with Crippen LogP contribution >= 0.6 is 0 Å². The van der Waals surface area contributed by atoms with E-state index in [2.05, 4.69) is 20.9 Å². The lowest BCUT2D eigenvalue weighted by Gasteiger charge is -1.97. The van der Waals surface area contributed by atoms with Crippen LogP contribution in [0.1, 0.15) is 5.69 Å². The fraction of sp³-hybridized carbons (Fsp3) is 0. The summed E-state index contributed by atoms with van der Waals surface area (Å²) in [7, 11) is 0. The van der Waals surface area contributed by atoms with Gasteiger partial charge in [0.2, 0.25) is 0 Å². The maximum absolute atomic E-state index is 5.24. The van der Waals surface area contributed by atoms with Crippen LogP contribution in [0.3, 0.4) is 0 Å². The number of nitrogens with zero attached hydrogens (tertiary/aromatic N) is 3. The van der Waals surface area contributed by atoms with Crippen molar-refractivity contribution in [2.45, 2.75) is 0 Å². The lowest BCUT2D eigenvalue weighted by Crippen LogP contribution is -1.91. The molecule has 3 nitrogen and oxygen atoms in total. The second kappa shape index (κ2) is 3.67. The van der Waals surface area contributed by atoms with Crippen molar-refractivity contribution >= 4 is 0 Å². The van der Waals surface area contributed by atoms with Crippen LogP contribution in [0.4, 0.5) is 0 Å². The molecule has 0 atom stereocenters. The Balaban J connectivity index is 2.49. The first-order valence-electron chi connectivity index (χ1n) is 4.11. The molecule has 0 fully saturated rings. The third-order valence-electron chi connectivity index (χ3n) is 1.69. The van der Waals surface area contributed by atoms with Crippen molar-refractivity contribution in [2.24, 2.45) is 0 Å². The Hall–Kier alpha value is -2.21. The van der Waals surface area contributed by atoms with Gasteiger partial charge in [-0.1, -0.05) is 12.0 Å². The molecule has 0 unspecified atom stereocenters. The van der Waals surface area contributed by atoms with Gasteiger partial charge in [-0.15, -0.1) is 6.42 Å². The van der Waals surface area contributed by atoms with E-state index in [-0.39, 0.29) is 0 Å². The minimum absolute atomic E-state index is 0.588. The quantitative estimate of drug-likeness (QED) is 0.626. The van der Waals surface area contributed by atoms with E-state index in [0.717, 1.165) is 0 Å². The fourth-order valence-electron chi connectivity index (χ4n) is 1.07. The smallest absolute Gasteiger partial charge is 0.178 e. The Kier molecular flexibility index (Phi) is 2.20. The third kappa shape index (κ3) is 1.59. The van der Waals surface area contributed by atoms with Crippen LogP contribution < -0.4 is 0 Å². The SMILES string of the molecule is C#Cc1cccc(-c2ncccn2)n1. The molecule has 0 aromatic carbocycles. The predicted octanol–water partition coefficient (Wildman–Crippen LogP) is 1.52. The average molecular weight is 181 g/mol. The zero-order valence-electron chi connectivity index (χ0n) is 7.38. The van der Waals surface area contributed by atoms with Gasteiger partial charge in [0.15, 0.2) is 5.82 Å². The molecule has 2 heterocycles. The van der Waals surface area contributed by atoms with Crippen LogP contribution in [0.25, 0.3) is 11.5 Å². The highest BCUT2D eigenvalue weighted by Gasteiger charge is 2.00. The second-order valence-electron chi connectivity index (χ2n) is 2.62. The van der Waals surface area contributed by atoms with Gasteiger partial charge in [-0.2, -0.15) is 0 Å². The van der Waals surface area contributed by atoms with E-state index in [1.165, 1.54) is 0 Å². The summed E-state index contributed by atoms with van der Waals surface area (Å²) in [6, 6.07) is 7.20. The van der Waals surface area contributed by atoms with E-state index in [9.17, 15) is 0 Å². The van der Waals surface area contributed by atoms with E-state index < -0.39 is 0 Å². The molecule has 0 radical (unpaired) electrons. The molecule has 0 bridgehead atoms. The summed E-state index contributed by atoms with van der Waals surface area (Å²) in [4.78, 5) is 12.4. The van der Waals surface area contributed by atoms with E-state index in [1.807, 2.05) is 12.1 Å². The zero-order valence-corrected chi connectivity index (χ0v) is 7.38. The molecule has 2 rings (SSSR count). The summed E-state index contributed by atoms with van der Waals surface area (Å²) in [5, 5.41) is 0. The topological polar surface area (TPSA) is 38.7 Å². The number of hydrogen-bond acceptors (Lipinski definition) is 3. The molecule has 2 aromatic rings. The van der Waals surface area contributed by atoms with Crippen LogP contribution in [-0.2, 0) is 0 Å². The minimum atomic E-state index is 0.588. The van der Waals surface area contributed by atoms with Crippen LogP contribution in [0.5, 0.6) is 0 Å². The molecule has 0 spiro atoms. The molecule has 0 aliphatic carbocycles. The maximum atomic E-state index is 5.24. The van der Waals surface area contributed by atoms with Crippen molar-refractivity contribution < 1.29 is 0 Å². The fourth-order valence-corrected chi connectivity index (χ4v) is 1.07. The molecule has 3 heteroatoms. The number of pyridine rings is 1. The van der Waals surface area contributed by atoms with Crippen molar-refractivity contribution in [1.82, 2.24) is 15.0 Å². The number of rotatable bonds is 1. The van der Waals surface area contributed by atoms with Crippen molar-refractivity contribution in [1.29, 1.82) is 0 Å². The maximum Gasteiger partial charge on any atom is 0.178 e. The first-order valence-corrected chi connectivity index (χ1v) is 4.11. The summed E-state index contributed by atoms with van der Waals surface area (Å²) in [5.41, 5.74) is 1.29. The Bertz CT molecular complexity index is 471. The molecule has 0 saturated heterocycles. The zero-order chi connectivity index (χ0) is 9.80. The van der Waals surface area contributed by atoms with Crippen molar-refractivity contribution in [2.75, 3.05) is 0 Å². The molecule has 2 aromatic heterocycles. The molecule has 14 heavy (non-hydrogen) atoms. The van der Waals surface area contributed by atoms with Crippen LogP contribution in [0, 0.1) is 12.3 Å². The number of terminal acetylenes is 1. The summed E-state index contributed by atoms with van der Waals surface area (Å²) < 4.78 is 0. The van der Waals surface area contributed by atoms with E-state index in [4.69, 9.17) is 6.42 Å². The van der Waals surface area contributed by atoms with E-state index >= 15 is 0 Å². The Morgan fingerprint density at radius 1 is 1.07 bits per heavy atom. The van der Waals surface area contributed by atoms with Gasteiger partial charge in [0.1, 0.15) is 11.4 Å². The molecular formula is C11H7N3. The number of hydrogen-bond donors (Lipinski definition) is 0. The second-order valence-corrected chi connectivity index (χ2v) is 2.62. The Morgan fingerprint density at radius 2 is 1.86 bits per heavy atom. The molecule has 0 saturated carbocycles. The van der Waals surface area contributed by atoms with Crippen molar-refractivity contribution in [3.05, 3.63) is 42.4 Å². The summed E-state index contributed by atoms with van der Waals surface area (Å²) >= 11 is 0. The van der Waals surface area contributed by atoms with Gasteiger partial charge in [0, 0.05) is 12.4 Å². The van der Waals surface area contributed by atoms with Crippen LogP contribution in [-0.4, -0.2) is 15.0 Å². The first kappa shape index (κ1) is 8.39. The summed E-state index contributed by atoms with van der Waals surface area (Å²) in [6.07, 6.45) is 8.59. The third-order valence-corrected chi connectivity index (χ3v) is 1.69. The molecule has 0 aliphatic rings. The van der Waals surface area contributed by atoms with Crippen molar-refractivity contribution in [3.8, 4) is 23.9 Å². The molecule has 0 aliphatic heterocycles. The Morgan fingerprint density at radius 3 is 2.57 bits per heavy atom. The molecule has 0 N–H and O–H groups in total. The molecule has 66 valence electrons. The van der Waals surface area contributed by atoms with Gasteiger partial charge in [-0.3, -0.25) is 0 Å². The Labute approximate surface area is 81.9 Å². The van der Waals surface area contributed by atoms with E-state index in [0.29, 0.717) is 17.2 Å². The highest BCUT2D eigenvalue weighted by molar-refractivity contribution is 5.49. The van der Waals surface area contributed by atoms with Crippen LogP contribution in [0.2, 0.25) is 0 Å². The highest BCUT2D eigenvalue weighted by Crippen LogP contribution is 2.10. The van der Waals surface area contributed by atoms with Gasteiger partial charge < -0.3 is 0 Å². The van der Waals surface area contributed by atoms with Gasteiger partial charge >= 0.3 is 0 Å². The predicted molar refractivity (Wildman–Crippen MR) is 53.2 cm³/mol. The minimum Gasteiger partial charge on any atom is -0.236 e. The summed E-state index contributed by atoms with van der Waals surface area (Å²) in [5.74, 6) is 3.06. The van der Waals surface area contributed by atoms with Crippen molar-refractivity contribution in [3.63, 3.8) is 0 Å². The lowest BCUT2D eigenvalue weighted by molar-refractivity contribution is 1.13. The van der Waals surface area contributed by atoms with Gasteiger partial charge in [0.05, 0.1) is 0 Å². The number of aromatic nitrogens is 3. The summed E-state index contributed by atoms with van der Waals surface area (Å²) in [6.45, 7) is 0. The first-order chi connectivity index (χ1) is 6.90. The highest BCUT2D eigenvalue weighted by atomic mass is 14.9. The van der Waals surface area contributed by atoms with Gasteiger partial charge in [-0.25, -0.2) is 15.0 Å². The monoisotopic (exact) mass is 181 g/mol. The standard InChI is InChI=1S/C11H7N3/c1-2-9-5-3-6-10(14-9)11-12-7-4-8-13-11/h1,3-8H. The lowest BCUT2D eigenvalue weighted by atomic mass is 10.3. The molecular weight excluding hydrogens is 174 g/mol. The average Bonchev–Trinajstić information content (AvgIpc) is 2.30. The van der Waals surface area contributed by atoms with Gasteiger partial charge in [0.25, 0.3) is 0 Å². The van der Waals surface area contributed by atoms with Crippen LogP contribution in [0.15, 0.2) is 36.7 Å².